The highest BCUT2D eigenvalue weighted by molar-refractivity contribution is 9.10. The molecule has 1 N–H and O–H groups in total. The fraction of sp³-hybridized carbons (Fsp3) is 0.231. The first-order valence-corrected chi connectivity index (χ1v) is 6.27. The number of anilines is 1. The molecular weight excluding hydrogens is 296 g/mol. The molecule has 0 aliphatic carbocycles. The van der Waals surface area contributed by atoms with E-state index in [2.05, 4.69) is 26.2 Å². The van der Waals surface area contributed by atoms with Crippen molar-refractivity contribution in [1.29, 1.82) is 0 Å². The van der Waals surface area contributed by atoms with E-state index in [4.69, 9.17) is 4.42 Å². The Kier molecular flexibility index (Phi) is 3.52. The van der Waals surface area contributed by atoms with Crippen LogP contribution in [0.1, 0.15) is 27.5 Å². The number of aryl methyl sites for hydroxylation is 3. The van der Waals surface area contributed by atoms with E-state index in [1.807, 2.05) is 26.0 Å². The lowest BCUT2D eigenvalue weighted by atomic mass is 10.1. The number of oxazole rings is 1. The maximum Gasteiger partial charge on any atom is 0.277 e. The molecule has 0 bridgehead atoms. The predicted molar refractivity (Wildman–Crippen MR) is 72.8 cm³/mol. The maximum atomic E-state index is 12.0. The minimum Gasteiger partial charge on any atom is -0.448 e. The fourth-order valence-corrected chi connectivity index (χ4v) is 2.44. The van der Waals surface area contributed by atoms with Gasteiger partial charge in [0.2, 0.25) is 0 Å². The van der Waals surface area contributed by atoms with Crippen LogP contribution in [0.2, 0.25) is 0 Å². The molecule has 94 valence electrons. The Bertz CT molecular complexity index is 582. The van der Waals surface area contributed by atoms with Gasteiger partial charge in [-0.25, -0.2) is 4.98 Å². The fourth-order valence-electron chi connectivity index (χ4n) is 1.75. The van der Waals surface area contributed by atoms with Gasteiger partial charge in [-0.15, -0.1) is 0 Å². The molecule has 1 aromatic carbocycles. The number of nitrogens with one attached hydrogen (secondary N) is 1. The quantitative estimate of drug-likeness (QED) is 0.922. The first-order valence-electron chi connectivity index (χ1n) is 5.47. The molecule has 0 aliphatic rings. The predicted octanol–water partition coefficient (Wildman–Crippen LogP) is 3.61. The monoisotopic (exact) mass is 308 g/mol. The minimum absolute atomic E-state index is 0.264. The molecule has 1 amide bonds. The summed E-state index contributed by atoms with van der Waals surface area (Å²) < 4.78 is 6.02. The largest absolute Gasteiger partial charge is 0.448 e. The van der Waals surface area contributed by atoms with E-state index in [9.17, 15) is 4.79 Å². The third-order valence-corrected chi connectivity index (χ3v) is 3.05. The van der Waals surface area contributed by atoms with E-state index < -0.39 is 0 Å². The van der Waals surface area contributed by atoms with Crippen molar-refractivity contribution in [2.45, 2.75) is 20.8 Å². The second-order valence-corrected chi connectivity index (χ2v) is 5.04. The van der Waals surface area contributed by atoms with Crippen LogP contribution in [-0.4, -0.2) is 10.9 Å². The Hall–Kier alpha value is -1.62. The van der Waals surface area contributed by atoms with Crippen molar-refractivity contribution < 1.29 is 9.21 Å². The lowest BCUT2D eigenvalue weighted by molar-refractivity contribution is 0.102. The molecule has 0 unspecified atom stereocenters. The molecule has 1 aromatic heterocycles. The van der Waals surface area contributed by atoms with Crippen molar-refractivity contribution >= 4 is 27.5 Å². The van der Waals surface area contributed by atoms with Gasteiger partial charge in [0.25, 0.3) is 5.91 Å². The molecule has 2 rings (SSSR count). The van der Waals surface area contributed by atoms with Crippen LogP contribution in [0, 0.1) is 20.8 Å². The van der Waals surface area contributed by atoms with E-state index in [1.54, 1.807) is 6.92 Å². The van der Waals surface area contributed by atoms with Crippen LogP contribution in [0.15, 0.2) is 27.3 Å². The number of carbonyl (C=O) groups is 1. The number of aromatic nitrogens is 1. The van der Waals surface area contributed by atoms with E-state index >= 15 is 0 Å². The first kappa shape index (κ1) is 12.8. The van der Waals surface area contributed by atoms with Gasteiger partial charge in [0.15, 0.2) is 11.6 Å². The molecule has 1 heterocycles. The van der Waals surface area contributed by atoms with Gasteiger partial charge in [-0.3, -0.25) is 4.79 Å². The number of hydrogen-bond donors (Lipinski definition) is 1. The van der Waals surface area contributed by atoms with Gasteiger partial charge in [-0.1, -0.05) is 15.9 Å². The summed E-state index contributed by atoms with van der Waals surface area (Å²) in [6.45, 7) is 5.59. The number of rotatable bonds is 2. The second kappa shape index (κ2) is 4.94. The zero-order valence-corrected chi connectivity index (χ0v) is 12.0. The summed E-state index contributed by atoms with van der Waals surface area (Å²) in [4.78, 5) is 16.0. The third-order valence-electron chi connectivity index (χ3n) is 2.59. The molecule has 4 nitrogen and oxygen atoms in total. The van der Waals surface area contributed by atoms with Crippen molar-refractivity contribution in [3.05, 3.63) is 45.6 Å². The molecule has 0 atom stereocenters. The van der Waals surface area contributed by atoms with E-state index in [0.717, 1.165) is 21.3 Å². The van der Waals surface area contributed by atoms with Crippen molar-refractivity contribution in [3.63, 3.8) is 0 Å². The lowest BCUT2D eigenvalue weighted by Gasteiger charge is -2.11. The van der Waals surface area contributed by atoms with Gasteiger partial charge in [-0.05, 0) is 37.1 Å². The first-order chi connectivity index (χ1) is 8.47. The number of carbonyl (C=O) groups excluding carboxylic acids is 1. The Morgan fingerprint density at radius 3 is 2.39 bits per heavy atom. The summed E-state index contributed by atoms with van der Waals surface area (Å²) in [5.74, 6) is 0.213. The zero-order valence-electron chi connectivity index (χ0n) is 10.4. The molecule has 0 radical (unpaired) electrons. The molecule has 5 heteroatoms. The lowest BCUT2D eigenvalue weighted by Crippen LogP contribution is -2.14. The Morgan fingerprint density at radius 2 is 1.89 bits per heavy atom. The van der Waals surface area contributed by atoms with Crippen LogP contribution in [0.25, 0.3) is 0 Å². The zero-order chi connectivity index (χ0) is 13.3. The summed E-state index contributed by atoms with van der Waals surface area (Å²) in [7, 11) is 0. The highest BCUT2D eigenvalue weighted by Gasteiger charge is 2.13. The highest BCUT2D eigenvalue weighted by atomic mass is 79.9. The van der Waals surface area contributed by atoms with Gasteiger partial charge >= 0.3 is 0 Å². The molecule has 0 saturated carbocycles. The van der Waals surface area contributed by atoms with Gasteiger partial charge in [0.1, 0.15) is 6.26 Å². The normalized spacial score (nSPS) is 10.4. The number of nitrogens with zero attached hydrogens (tertiary/aromatic N) is 1. The molecule has 0 aliphatic heterocycles. The van der Waals surface area contributed by atoms with E-state index in [1.165, 1.54) is 6.26 Å². The summed E-state index contributed by atoms with van der Waals surface area (Å²) in [5.41, 5.74) is 3.09. The van der Waals surface area contributed by atoms with Gasteiger partial charge < -0.3 is 9.73 Å². The number of benzene rings is 1. The van der Waals surface area contributed by atoms with Crippen LogP contribution < -0.4 is 5.32 Å². The average Bonchev–Trinajstić information content (AvgIpc) is 2.70. The highest BCUT2D eigenvalue weighted by Crippen LogP contribution is 2.25. The van der Waals surface area contributed by atoms with Crippen LogP contribution in [0.4, 0.5) is 5.69 Å². The maximum absolute atomic E-state index is 12.0. The molecule has 0 spiro atoms. The third kappa shape index (κ3) is 2.61. The average molecular weight is 309 g/mol. The number of halogens is 1. The number of amides is 1. The summed E-state index contributed by atoms with van der Waals surface area (Å²) >= 11 is 3.42. The smallest absolute Gasteiger partial charge is 0.277 e. The topological polar surface area (TPSA) is 55.1 Å². The summed E-state index contributed by atoms with van der Waals surface area (Å²) in [5, 5.41) is 2.85. The minimum atomic E-state index is -0.264. The van der Waals surface area contributed by atoms with Gasteiger partial charge in [0, 0.05) is 17.1 Å². The summed E-state index contributed by atoms with van der Waals surface area (Å²) in [6, 6.07) is 3.91. The SMILES string of the molecule is Cc1nc(C(=O)Nc2c(C)cc(Br)cc2C)co1. The van der Waals surface area contributed by atoms with Crippen molar-refractivity contribution in [2.75, 3.05) is 5.32 Å². The van der Waals surface area contributed by atoms with Gasteiger partial charge in [0.05, 0.1) is 0 Å². The van der Waals surface area contributed by atoms with E-state index in [0.29, 0.717) is 5.89 Å². The Balaban J connectivity index is 2.27. The molecule has 0 saturated heterocycles. The van der Waals surface area contributed by atoms with Crippen LogP contribution in [0.5, 0.6) is 0 Å². The van der Waals surface area contributed by atoms with E-state index in [-0.39, 0.29) is 11.6 Å². The standard InChI is InChI=1S/C13H13BrN2O2/c1-7-4-10(14)5-8(2)12(7)16-13(17)11-6-18-9(3)15-11/h4-6H,1-3H3,(H,16,17). The van der Waals surface area contributed by atoms with Crippen molar-refractivity contribution in [3.8, 4) is 0 Å². The van der Waals surface area contributed by atoms with Crippen LogP contribution >= 0.6 is 15.9 Å². The molecular formula is C13H13BrN2O2. The van der Waals surface area contributed by atoms with Crippen molar-refractivity contribution in [2.24, 2.45) is 0 Å². The molecule has 2 aromatic rings. The number of hydrogen-bond acceptors (Lipinski definition) is 3. The second-order valence-electron chi connectivity index (χ2n) is 4.12. The Morgan fingerprint density at radius 1 is 1.28 bits per heavy atom. The van der Waals surface area contributed by atoms with Crippen LogP contribution in [0.3, 0.4) is 0 Å². The Labute approximate surface area is 114 Å². The van der Waals surface area contributed by atoms with Crippen LogP contribution in [-0.2, 0) is 0 Å². The molecule has 0 fully saturated rings. The summed E-state index contributed by atoms with van der Waals surface area (Å²) in [6.07, 6.45) is 1.36. The molecule has 18 heavy (non-hydrogen) atoms. The van der Waals surface area contributed by atoms with Gasteiger partial charge in [-0.2, -0.15) is 0 Å². The van der Waals surface area contributed by atoms with Crippen molar-refractivity contribution in [1.82, 2.24) is 4.98 Å².